The normalized spacial score (nSPS) is 23.3. The van der Waals surface area contributed by atoms with Crippen LogP contribution >= 0.6 is 24.2 Å². The van der Waals surface area contributed by atoms with E-state index in [2.05, 4.69) is 10.6 Å². The zero-order valence-corrected chi connectivity index (χ0v) is 11.2. The van der Waals surface area contributed by atoms with Gasteiger partial charge >= 0.3 is 0 Å². The van der Waals surface area contributed by atoms with Crippen molar-refractivity contribution < 1.29 is 9.59 Å². The fourth-order valence-electron chi connectivity index (χ4n) is 1.93. The molecule has 2 amide bonds. The van der Waals surface area contributed by atoms with E-state index in [1.807, 2.05) is 4.90 Å². The van der Waals surface area contributed by atoms with Gasteiger partial charge in [-0.15, -0.1) is 24.2 Å². The minimum Gasteiger partial charge on any atom is -0.346 e. The fourth-order valence-corrected chi connectivity index (χ4v) is 2.87. The summed E-state index contributed by atoms with van der Waals surface area (Å²) in [7, 11) is 0. The average Bonchev–Trinajstić information content (AvgIpc) is 2.95. The van der Waals surface area contributed by atoms with Gasteiger partial charge in [0.05, 0.1) is 12.6 Å². The number of halogens is 1. The summed E-state index contributed by atoms with van der Waals surface area (Å²) in [6.07, 6.45) is 2.17. The Kier molecular flexibility index (Phi) is 6.08. The van der Waals surface area contributed by atoms with Gasteiger partial charge in [0, 0.05) is 24.7 Å². The van der Waals surface area contributed by atoms with Crippen LogP contribution in [0.1, 0.15) is 12.8 Å². The second-order valence-corrected chi connectivity index (χ2v) is 5.11. The minimum absolute atomic E-state index is 0. The van der Waals surface area contributed by atoms with Crippen LogP contribution in [0.4, 0.5) is 0 Å². The SMILES string of the molecule is Cl.O=C(NCC(=O)N1CCCC1)C1CSCN1. The van der Waals surface area contributed by atoms with Crippen LogP contribution in [0.25, 0.3) is 0 Å². The van der Waals surface area contributed by atoms with Crippen LogP contribution < -0.4 is 10.6 Å². The zero-order chi connectivity index (χ0) is 11.4. The maximum absolute atomic E-state index is 11.7. The minimum atomic E-state index is -0.128. The number of hydrogen-bond acceptors (Lipinski definition) is 4. The van der Waals surface area contributed by atoms with E-state index in [9.17, 15) is 9.59 Å². The van der Waals surface area contributed by atoms with Crippen LogP contribution in [-0.2, 0) is 9.59 Å². The van der Waals surface area contributed by atoms with Gasteiger partial charge < -0.3 is 10.2 Å². The van der Waals surface area contributed by atoms with Crippen LogP contribution in [-0.4, -0.2) is 54.0 Å². The molecule has 2 aliphatic heterocycles. The van der Waals surface area contributed by atoms with Crippen molar-refractivity contribution in [3.63, 3.8) is 0 Å². The molecule has 2 fully saturated rings. The van der Waals surface area contributed by atoms with E-state index < -0.39 is 0 Å². The second-order valence-electron chi connectivity index (χ2n) is 4.08. The molecule has 17 heavy (non-hydrogen) atoms. The highest BCUT2D eigenvalue weighted by Crippen LogP contribution is 2.09. The molecule has 1 unspecified atom stereocenters. The Bertz CT molecular complexity index is 251. The van der Waals surface area contributed by atoms with Crippen molar-refractivity contribution in [2.75, 3.05) is 31.3 Å². The van der Waals surface area contributed by atoms with Gasteiger partial charge in [-0.1, -0.05) is 0 Å². The monoisotopic (exact) mass is 279 g/mol. The first kappa shape index (κ1) is 14.6. The Morgan fingerprint density at radius 1 is 1.35 bits per heavy atom. The second kappa shape index (κ2) is 7.08. The van der Waals surface area contributed by atoms with Crippen molar-refractivity contribution in [3.8, 4) is 0 Å². The molecule has 2 heterocycles. The topological polar surface area (TPSA) is 61.4 Å². The molecular formula is C10H18ClN3O2S. The number of nitrogens with zero attached hydrogens (tertiary/aromatic N) is 1. The molecule has 1 atom stereocenters. The number of rotatable bonds is 3. The summed E-state index contributed by atoms with van der Waals surface area (Å²) in [5.41, 5.74) is 0. The largest absolute Gasteiger partial charge is 0.346 e. The highest BCUT2D eigenvalue weighted by atomic mass is 35.5. The van der Waals surface area contributed by atoms with E-state index in [1.54, 1.807) is 11.8 Å². The van der Waals surface area contributed by atoms with E-state index in [0.29, 0.717) is 0 Å². The fraction of sp³-hybridized carbons (Fsp3) is 0.800. The van der Waals surface area contributed by atoms with Crippen LogP contribution in [0.3, 0.4) is 0 Å². The highest BCUT2D eigenvalue weighted by Gasteiger charge is 2.24. The van der Waals surface area contributed by atoms with Crippen LogP contribution in [0.5, 0.6) is 0 Å². The van der Waals surface area contributed by atoms with Crippen LogP contribution in [0.2, 0.25) is 0 Å². The van der Waals surface area contributed by atoms with E-state index in [-0.39, 0.29) is 36.8 Å². The Labute approximate surface area is 111 Å². The van der Waals surface area contributed by atoms with Gasteiger partial charge in [0.1, 0.15) is 0 Å². The molecule has 0 bridgehead atoms. The van der Waals surface area contributed by atoms with Crippen LogP contribution in [0.15, 0.2) is 0 Å². The van der Waals surface area contributed by atoms with Crippen molar-refractivity contribution in [1.29, 1.82) is 0 Å². The molecule has 0 saturated carbocycles. The summed E-state index contributed by atoms with van der Waals surface area (Å²) in [5, 5.41) is 5.77. The Balaban J connectivity index is 0.00000144. The van der Waals surface area contributed by atoms with E-state index in [1.165, 1.54) is 0 Å². The summed E-state index contributed by atoms with van der Waals surface area (Å²) < 4.78 is 0. The lowest BCUT2D eigenvalue weighted by Crippen LogP contribution is -2.46. The van der Waals surface area contributed by atoms with Crippen LogP contribution in [0, 0.1) is 0 Å². The lowest BCUT2D eigenvalue weighted by atomic mass is 10.3. The molecule has 0 radical (unpaired) electrons. The summed E-state index contributed by atoms with van der Waals surface area (Å²) in [5.74, 6) is 1.59. The standard InChI is InChI=1S/C10H17N3O2S.ClH/c14-9(13-3-1-2-4-13)5-11-10(15)8-6-16-7-12-8;/h8,12H,1-7H2,(H,11,15);1H. The van der Waals surface area contributed by atoms with Gasteiger partial charge in [0.15, 0.2) is 0 Å². The lowest BCUT2D eigenvalue weighted by Gasteiger charge is -2.16. The summed E-state index contributed by atoms with van der Waals surface area (Å²) in [6.45, 7) is 1.82. The predicted molar refractivity (Wildman–Crippen MR) is 70.3 cm³/mol. The van der Waals surface area contributed by atoms with E-state index in [4.69, 9.17) is 0 Å². The molecule has 0 aromatic rings. The number of hydrogen-bond donors (Lipinski definition) is 2. The number of nitrogens with one attached hydrogen (secondary N) is 2. The third-order valence-electron chi connectivity index (χ3n) is 2.91. The van der Waals surface area contributed by atoms with Gasteiger partial charge in [-0.3, -0.25) is 14.9 Å². The van der Waals surface area contributed by atoms with Gasteiger partial charge in [-0.05, 0) is 12.8 Å². The van der Waals surface area contributed by atoms with Crippen molar-refractivity contribution in [2.24, 2.45) is 0 Å². The molecule has 5 nitrogen and oxygen atoms in total. The number of amides is 2. The zero-order valence-electron chi connectivity index (χ0n) is 9.61. The summed E-state index contributed by atoms with van der Waals surface area (Å²) in [6, 6.07) is -0.128. The van der Waals surface area contributed by atoms with E-state index >= 15 is 0 Å². The highest BCUT2D eigenvalue weighted by molar-refractivity contribution is 7.99. The molecule has 0 aliphatic carbocycles. The van der Waals surface area contributed by atoms with Crippen molar-refractivity contribution >= 4 is 36.0 Å². The first-order valence-electron chi connectivity index (χ1n) is 5.64. The maximum Gasteiger partial charge on any atom is 0.241 e. The van der Waals surface area contributed by atoms with Crippen molar-refractivity contribution in [1.82, 2.24) is 15.5 Å². The van der Waals surface area contributed by atoms with Gasteiger partial charge in [0.2, 0.25) is 11.8 Å². The molecule has 2 saturated heterocycles. The third-order valence-corrected chi connectivity index (χ3v) is 3.85. The molecule has 2 N–H and O–H groups in total. The number of carbonyl (C=O) groups excluding carboxylic acids is 2. The Morgan fingerprint density at radius 2 is 2.06 bits per heavy atom. The molecule has 0 aromatic carbocycles. The van der Waals surface area contributed by atoms with Crippen molar-refractivity contribution in [2.45, 2.75) is 18.9 Å². The quantitative estimate of drug-likeness (QED) is 0.752. The first-order chi connectivity index (χ1) is 7.77. The smallest absolute Gasteiger partial charge is 0.241 e. The molecule has 0 aromatic heterocycles. The Hall–Kier alpha value is -0.460. The molecule has 0 spiro atoms. The predicted octanol–water partition coefficient (Wildman–Crippen LogP) is -0.191. The van der Waals surface area contributed by atoms with Gasteiger partial charge in [-0.25, -0.2) is 0 Å². The lowest BCUT2D eigenvalue weighted by molar-refractivity contribution is -0.132. The molecule has 2 rings (SSSR count). The third kappa shape index (κ3) is 4.04. The number of carbonyl (C=O) groups is 2. The molecule has 98 valence electrons. The van der Waals surface area contributed by atoms with E-state index in [0.717, 1.165) is 37.6 Å². The van der Waals surface area contributed by atoms with Gasteiger partial charge in [-0.2, -0.15) is 0 Å². The first-order valence-corrected chi connectivity index (χ1v) is 6.79. The van der Waals surface area contributed by atoms with Gasteiger partial charge in [0.25, 0.3) is 0 Å². The molecule has 7 heteroatoms. The van der Waals surface area contributed by atoms with Crippen molar-refractivity contribution in [3.05, 3.63) is 0 Å². The number of thioether (sulfide) groups is 1. The summed E-state index contributed by atoms with van der Waals surface area (Å²) >= 11 is 1.70. The average molecular weight is 280 g/mol. The number of likely N-dealkylation sites (tertiary alicyclic amines) is 1. The molecular weight excluding hydrogens is 262 g/mol. The molecule has 2 aliphatic rings. The maximum atomic E-state index is 11.7. The summed E-state index contributed by atoms with van der Waals surface area (Å²) in [4.78, 5) is 25.1. The Morgan fingerprint density at radius 3 is 2.65 bits per heavy atom.